The van der Waals surface area contributed by atoms with Crippen LogP contribution < -0.4 is 0 Å². The number of sulfonamides is 1. The lowest BCUT2D eigenvalue weighted by atomic mass is 10.1. The largest absolute Gasteiger partial charge is 0.444 e. The molecule has 0 N–H and O–H groups in total. The van der Waals surface area contributed by atoms with Crippen LogP contribution in [0.3, 0.4) is 0 Å². The summed E-state index contributed by atoms with van der Waals surface area (Å²) in [5, 5.41) is 11.2. The Balaban J connectivity index is 2.27. The van der Waals surface area contributed by atoms with Crippen LogP contribution >= 0.6 is 0 Å². The number of likely N-dealkylation sites (N-methyl/N-ethyl adjacent to an activating group) is 1. The molecule has 0 radical (unpaired) electrons. The molecule has 9 nitrogen and oxygen atoms in total. The monoisotopic (exact) mass is 399 g/mol. The van der Waals surface area contributed by atoms with Crippen LogP contribution in [0.2, 0.25) is 0 Å². The molecule has 1 fully saturated rings. The van der Waals surface area contributed by atoms with Gasteiger partial charge in [0.15, 0.2) is 4.90 Å². The van der Waals surface area contributed by atoms with E-state index < -0.39 is 44.4 Å². The number of nitro benzene ring substituents is 1. The van der Waals surface area contributed by atoms with Crippen molar-refractivity contribution in [2.75, 3.05) is 13.6 Å². The minimum absolute atomic E-state index is 0.345. The molecule has 0 aliphatic carbocycles. The molecule has 0 bridgehead atoms. The van der Waals surface area contributed by atoms with Crippen LogP contribution in [0.25, 0.3) is 0 Å². The van der Waals surface area contributed by atoms with Crippen molar-refractivity contribution in [3.63, 3.8) is 0 Å². The third-order valence-corrected chi connectivity index (χ3v) is 6.46. The number of carbonyl (C=O) groups is 1. The molecule has 1 aliphatic rings. The van der Waals surface area contributed by atoms with E-state index in [4.69, 9.17) is 4.74 Å². The highest BCUT2D eigenvalue weighted by atomic mass is 32.2. The zero-order valence-corrected chi connectivity index (χ0v) is 16.9. The Morgan fingerprint density at radius 3 is 2.48 bits per heavy atom. The Morgan fingerprint density at radius 1 is 1.33 bits per heavy atom. The van der Waals surface area contributed by atoms with Crippen LogP contribution in [-0.2, 0) is 14.8 Å². The molecule has 2 atom stereocenters. The first-order chi connectivity index (χ1) is 12.4. The second-order valence-electron chi connectivity index (χ2n) is 7.52. The van der Waals surface area contributed by atoms with Crippen LogP contribution in [0.15, 0.2) is 29.2 Å². The third-order valence-electron chi connectivity index (χ3n) is 4.53. The summed E-state index contributed by atoms with van der Waals surface area (Å²) in [7, 11) is -2.72. The van der Waals surface area contributed by atoms with E-state index in [1.807, 2.05) is 0 Å². The fourth-order valence-electron chi connectivity index (χ4n) is 3.15. The van der Waals surface area contributed by atoms with E-state index in [0.717, 1.165) is 10.4 Å². The third kappa shape index (κ3) is 4.38. The Labute approximate surface area is 159 Å². The van der Waals surface area contributed by atoms with Crippen LogP contribution in [0.4, 0.5) is 10.5 Å². The maximum absolute atomic E-state index is 13.0. The highest BCUT2D eigenvalue weighted by Crippen LogP contribution is 2.31. The summed E-state index contributed by atoms with van der Waals surface area (Å²) in [5.41, 5.74) is -1.13. The van der Waals surface area contributed by atoms with E-state index in [2.05, 4.69) is 0 Å². The maximum atomic E-state index is 13.0. The molecule has 2 rings (SSSR count). The number of likely N-dealkylation sites (tertiary alicyclic amines) is 1. The highest BCUT2D eigenvalue weighted by molar-refractivity contribution is 7.89. The first kappa shape index (κ1) is 21.1. The van der Waals surface area contributed by atoms with Gasteiger partial charge in [0, 0.05) is 31.7 Å². The van der Waals surface area contributed by atoms with E-state index >= 15 is 0 Å². The van der Waals surface area contributed by atoms with Crippen molar-refractivity contribution in [3.05, 3.63) is 34.4 Å². The standard InChI is InChI=1S/C17H25N3O6S/c1-12-13(10-11-19(12)16(21)26-17(2,3)4)18(5)27(24,25)15-9-7-6-8-14(15)20(22)23/h6-9,12-13H,10-11H2,1-5H3/t12-,13-/m0/s1. The molecule has 1 aromatic carbocycles. The molecule has 0 aromatic heterocycles. The van der Waals surface area contributed by atoms with E-state index in [9.17, 15) is 23.3 Å². The van der Waals surface area contributed by atoms with Crippen LogP contribution in [-0.4, -0.2) is 59.9 Å². The lowest BCUT2D eigenvalue weighted by Gasteiger charge is -2.31. The Kier molecular flexibility index (Phi) is 5.81. The predicted molar refractivity (Wildman–Crippen MR) is 98.9 cm³/mol. The Bertz CT molecular complexity index is 833. The van der Waals surface area contributed by atoms with Crippen LogP contribution in [0, 0.1) is 10.1 Å². The van der Waals surface area contributed by atoms with Gasteiger partial charge in [-0.25, -0.2) is 13.2 Å². The number of nitrogens with zero attached hydrogens (tertiary/aromatic N) is 3. The summed E-state index contributed by atoms with van der Waals surface area (Å²) < 4.78 is 32.5. The quantitative estimate of drug-likeness (QED) is 0.568. The number of ether oxygens (including phenoxy) is 1. The van der Waals surface area contributed by atoms with Gasteiger partial charge >= 0.3 is 6.09 Å². The van der Waals surface area contributed by atoms with Crippen molar-refractivity contribution >= 4 is 21.8 Å². The lowest BCUT2D eigenvalue weighted by Crippen LogP contribution is -2.47. The van der Waals surface area contributed by atoms with Crippen LogP contribution in [0.1, 0.15) is 34.1 Å². The molecule has 1 aliphatic heterocycles. The number of amides is 1. The van der Waals surface area contributed by atoms with Gasteiger partial charge in [0.25, 0.3) is 5.69 Å². The summed E-state index contributed by atoms with van der Waals surface area (Å²) >= 11 is 0. The zero-order chi connectivity index (χ0) is 20.6. The number of nitro groups is 1. The molecule has 10 heteroatoms. The fraction of sp³-hybridized carbons (Fsp3) is 0.588. The van der Waals surface area contributed by atoms with Gasteiger partial charge < -0.3 is 9.64 Å². The maximum Gasteiger partial charge on any atom is 0.410 e. The first-order valence-electron chi connectivity index (χ1n) is 8.57. The van der Waals surface area contributed by atoms with Crippen molar-refractivity contribution < 1.29 is 22.9 Å². The minimum atomic E-state index is -4.10. The van der Waals surface area contributed by atoms with E-state index in [-0.39, 0.29) is 4.90 Å². The van der Waals surface area contributed by atoms with Gasteiger partial charge in [-0.1, -0.05) is 12.1 Å². The molecule has 0 unspecified atom stereocenters. The highest BCUT2D eigenvalue weighted by Gasteiger charge is 2.43. The lowest BCUT2D eigenvalue weighted by molar-refractivity contribution is -0.387. The Morgan fingerprint density at radius 2 is 1.93 bits per heavy atom. The molecule has 1 saturated heterocycles. The second kappa shape index (κ2) is 7.43. The molecular formula is C17H25N3O6S. The first-order valence-corrected chi connectivity index (χ1v) is 10.0. The molecule has 0 saturated carbocycles. The number of hydrogen-bond donors (Lipinski definition) is 0. The SMILES string of the molecule is C[C@H]1[C@@H](N(C)S(=O)(=O)c2ccccc2[N+](=O)[O-])CCN1C(=O)OC(C)(C)C. The van der Waals surface area contributed by atoms with Crippen molar-refractivity contribution in [2.45, 2.75) is 56.7 Å². The predicted octanol–water partition coefficient (Wildman–Crippen LogP) is 2.61. The summed E-state index contributed by atoms with van der Waals surface area (Å²) in [5.74, 6) is 0. The molecular weight excluding hydrogens is 374 g/mol. The average Bonchev–Trinajstić information content (AvgIpc) is 2.94. The number of carbonyl (C=O) groups excluding carboxylic acids is 1. The number of para-hydroxylation sites is 1. The number of rotatable bonds is 4. The average molecular weight is 399 g/mol. The van der Waals surface area contributed by atoms with Gasteiger partial charge in [0.1, 0.15) is 5.60 Å². The zero-order valence-electron chi connectivity index (χ0n) is 16.1. The van der Waals surface area contributed by atoms with Gasteiger partial charge in [0.2, 0.25) is 10.0 Å². The normalized spacial score (nSPS) is 20.7. The van der Waals surface area contributed by atoms with Crippen molar-refractivity contribution in [2.24, 2.45) is 0 Å². The molecule has 27 heavy (non-hydrogen) atoms. The van der Waals surface area contributed by atoms with Crippen molar-refractivity contribution in [1.82, 2.24) is 9.21 Å². The summed E-state index contributed by atoms with van der Waals surface area (Å²) in [4.78, 5) is 24.0. The minimum Gasteiger partial charge on any atom is -0.444 e. The van der Waals surface area contributed by atoms with Crippen molar-refractivity contribution in [1.29, 1.82) is 0 Å². The summed E-state index contributed by atoms with van der Waals surface area (Å²) in [6.07, 6.45) is -0.0921. The van der Waals surface area contributed by atoms with Crippen LogP contribution in [0.5, 0.6) is 0 Å². The van der Waals surface area contributed by atoms with Gasteiger partial charge in [-0.15, -0.1) is 0 Å². The smallest absolute Gasteiger partial charge is 0.410 e. The van der Waals surface area contributed by atoms with E-state index in [1.54, 1.807) is 27.7 Å². The van der Waals surface area contributed by atoms with E-state index in [1.165, 1.54) is 30.1 Å². The molecule has 0 spiro atoms. The van der Waals surface area contributed by atoms with Gasteiger partial charge in [-0.2, -0.15) is 4.31 Å². The van der Waals surface area contributed by atoms with Crippen molar-refractivity contribution in [3.8, 4) is 0 Å². The summed E-state index contributed by atoms with van der Waals surface area (Å²) in [6, 6.07) is 4.30. The molecule has 1 amide bonds. The second-order valence-corrected chi connectivity index (χ2v) is 9.48. The summed E-state index contributed by atoms with van der Waals surface area (Å²) in [6.45, 7) is 7.36. The van der Waals surface area contributed by atoms with E-state index in [0.29, 0.717) is 13.0 Å². The number of benzene rings is 1. The van der Waals surface area contributed by atoms with Gasteiger partial charge in [-0.05, 0) is 40.2 Å². The van der Waals surface area contributed by atoms with Gasteiger partial charge in [-0.3, -0.25) is 10.1 Å². The molecule has 150 valence electrons. The Hall–Kier alpha value is -2.20. The fourth-order valence-corrected chi connectivity index (χ4v) is 4.75. The topological polar surface area (TPSA) is 110 Å². The molecule has 1 aromatic rings. The number of hydrogen-bond acceptors (Lipinski definition) is 6. The molecule has 1 heterocycles. The van der Waals surface area contributed by atoms with Gasteiger partial charge in [0.05, 0.1) is 4.92 Å².